The molecule has 2 heterocycles. The summed E-state index contributed by atoms with van der Waals surface area (Å²) in [4.78, 5) is 11.5. The quantitative estimate of drug-likeness (QED) is 0.429. The zero-order valence-corrected chi connectivity index (χ0v) is 21.6. The summed E-state index contributed by atoms with van der Waals surface area (Å²) in [5.41, 5.74) is 0.828. The average molecular weight is 459 g/mol. The van der Waals surface area contributed by atoms with Gasteiger partial charge in [0.25, 0.3) is 0 Å². The fraction of sp³-hybridized carbons (Fsp3) is 0.966. The van der Waals surface area contributed by atoms with Crippen molar-refractivity contribution >= 4 is 5.97 Å². The second-order valence-electron chi connectivity index (χ2n) is 13.7. The van der Waals surface area contributed by atoms with Crippen LogP contribution in [0.5, 0.6) is 0 Å². The molecule has 0 aromatic rings. The van der Waals surface area contributed by atoms with Crippen molar-refractivity contribution in [2.75, 3.05) is 6.61 Å². The third-order valence-corrected chi connectivity index (χ3v) is 12.2. The fourth-order valence-corrected chi connectivity index (χ4v) is 10.6. The molecular formula is C29H46O4. The first-order valence-corrected chi connectivity index (χ1v) is 14.2. The van der Waals surface area contributed by atoms with Crippen molar-refractivity contribution in [1.82, 2.24) is 0 Å². The number of esters is 1. The van der Waals surface area contributed by atoms with Gasteiger partial charge in [0, 0.05) is 19.3 Å². The van der Waals surface area contributed by atoms with E-state index in [4.69, 9.17) is 14.2 Å². The summed E-state index contributed by atoms with van der Waals surface area (Å²) in [5.74, 6) is 4.63. The van der Waals surface area contributed by atoms with E-state index >= 15 is 0 Å². The van der Waals surface area contributed by atoms with Gasteiger partial charge in [-0.3, -0.25) is 4.79 Å². The van der Waals surface area contributed by atoms with Crippen LogP contribution in [0.2, 0.25) is 0 Å². The molecular weight excluding hydrogens is 412 g/mol. The van der Waals surface area contributed by atoms with Crippen LogP contribution >= 0.6 is 0 Å². The Hall–Kier alpha value is -0.610. The van der Waals surface area contributed by atoms with Crippen molar-refractivity contribution in [2.24, 2.45) is 52.3 Å². The maximum Gasteiger partial charge on any atom is 0.302 e. The van der Waals surface area contributed by atoms with Gasteiger partial charge in [0.2, 0.25) is 0 Å². The van der Waals surface area contributed by atoms with Crippen LogP contribution in [-0.2, 0) is 19.0 Å². The van der Waals surface area contributed by atoms with Gasteiger partial charge in [0.15, 0.2) is 5.79 Å². The highest BCUT2D eigenvalue weighted by Gasteiger charge is 2.69. The van der Waals surface area contributed by atoms with E-state index < -0.39 is 0 Å². The molecule has 0 aromatic heterocycles. The van der Waals surface area contributed by atoms with Crippen LogP contribution in [0, 0.1) is 52.3 Å². The minimum atomic E-state index is -0.300. The van der Waals surface area contributed by atoms with Gasteiger partial charge >= 0.3 is 5.97 Å². The lowest BCUT2D eigenvalue weighted by atomic mass is 9.44. The predicted molar refractivity (Wildman–Crippen MR) is 127 cm³/mol. The molecule has 6 rings (SSSR count). The largest absolute Gasteiger partial charge is 0.463 e. The Balaban J connectivity index is 1.21. The van der Waals surface area contributed by atoms with Gasteiger partial charge in [-0.2, -0.15) is 0 Å². The maximum absolute atomic E-state index is 11.5. The van der Waals surface area contributed by atoms with E-state index in [-0.39, 0.29) is 17.9 Å². The summed E-state index contributed by atoms with van der Waals surface area (Å²) in [6.07, 6.45) is 12.9. The van der Waals surface area contributed by atoms with E-state index in [0.717, 1.165) is 49.5 Å². The van der Waals surface area contributed by atoms with Gasteiger partial charge in [-0.05, 0) is 104 Å². The molecule has 6 unspecified atom stereocenters. The Morgan fingerprint density at radius 2 is 1.70 bits per heavy atom. The molecule has 6 fully saturated rings. The summed E-state index contributed by atoms with van der Waals surface area (Å²) in [6, 6.07) is 0. The molecule has 33 heavy (non-hydrogen) atoms. The first-order valence-electron chi connectivity index (χ1n) is 14.2. The lowest BCUT2D eigenvalue weighted by molar-refractivity contribution is -0.273. The smallest absolute Gasteiger partial charge is 0.302 e. The van der Waals surface area contributed by atoms with E-state index in [1.165, 1.54) is 44.9 Å². The van der Waals surface area contributed by atoms with Crippen molar-refractivity contribution < 1.29 is 19.0 Å². The molecule has 186 valence electrons. The van der Waals surface area contributed by atoms with Gasteiger partial charge in [0.1, 0.15) is 6.10 Å². The normalized spacial score (nSPS) is 57.7. The molecule has 6 aliphatic rings. The predicted octanol–water partition coefficient (Wildman–Crippen LogP) is 6.36. The zero-order valence-electron chi connectivity index (χ0n) is 21.6. The van der Waals surface area contributed by atoms with E-state index in [1.54, 1.807) is 6.92 Å². The van der Waals surface area contributed by atoms with Crippen LogP contribution in [0.3, 0.4) is 0 Å². The highest BCUT2D eigenvalue weighted by Crippen LogP contribution is 2.71. The molecule has 12 atom stereocenters. The molecule has 2 saturated heterocycles. The van der Waals surface area contributed by atoms with E-state index in [2.05, 4.69) is 27.7 Å². The molecule has 4 heteroatoms. The number of carbonyl (C=O) groups is 1. The number of rotatable bonds is 1. The van der Waals surface area contributed by atoms with Crippen molar-refractivity contribution in [2.45, 2.75) is 117 Å². The molecule has 0 bridgehead atoms. The Morgan fingerprint density at radius 3 is 2.42 bits per heavy atom. The van der Waals surface area contributed by atoms with Crippen molar-refractivity contribution in [1.29, 1.82) is 0 Å². The molecule has 4 aliphatic carbocycles. The summed E-state index contributed by atoms with van der Waals surface area (Å²) in [7, 11) is 0. The number of hydrogen-bond acceptors (Lipinski definition) is 4. The summed E-state index contributed by atoms with van der Waals surface area (Å²) >= 11 is 0. The number of ether oxygens (including phenoxy) is 3. The number of fused-ring (bicyclic) bond motifs is 7. The van der Waals surface area contributed by atoms with Crippen LogP contribution < -0.4 is 0 Å². The third kappa shape index (κ3) is 3.25. The SMILES string of the molecule is CC(=O)O[C@H]1CC[C@]2(C)C3CC[C@@]4(C)C(CC5O[C@@]6(CCC(C)CO6)[C@@H](C)C54)C3CC[C@H]2C1. The van der Waals surface area contributed by atoms with Gasteiger partial charge in [-0.25, -0.2) is 0 Å². The fourth-order valence-electron chi connectivity index (χ4n) is 10.6. The minimum Gasteiger partial charge on any atom is -0.463 e. The van der Waals surface area contributed by atoms with Crippen LogP contribution in [0.1, 0.15) is 98.8 Å². The highest BCUT2D eigenvalue weighted by molar-refractivity contribution is 5.66. The van der Waals surface area contributed by atoms with Crippen LogP contribution in [0.4, 0.5) is 0 Å². The topological polar surface area (TPSA) is 44.8 Å². The monoisotopic (exact) mass is 458 g/mol. The van der Waals surface area contributed by atoms with Gasteiger partial charge in [-0.15, -0.1) is 0 Å². The number of hydrogen-bond donors (Lipinski definition) is 0. The first kappa shape index (κ1) is 22.8. The van der Waals surface area contributed by atoms with Crippen molar-refractivity contribution in [3.63, 3.8) is 0 Å². The van der Waals surface area contributed by atoms with Crippen LogP contribution in [0.25, 0.3) is 0 Å². The average Bonchev–Trinajstić information content (AvgIpc) is 3.21. The Morgan fingerprint density at radius 1 is 0.909 bits per heavy atom. The summed E-state index contributed by atoms with van der Waals surface area (Å²) in [6.45, 7) is 12.4. The van der Waals surface area contributed by atoms with Crippen LogP contribution in [-0.4, -0.2) is 30.6 Å². The van der Waals surface area contributed by atoms with Gasteiger partial charge in [0.05, 0.1) is 12.7 Å². The van der Waals surface area contributed by atoms with E-state index in [0.29, 0.717) is 34.7 Å². The standard InChI is InChI=1S/C29H46O4/c1-17-8-13-29(31-16-17)18(2)26-25(33-29)15-24-22-7-6-20-14-21(32-19(3)30)9-11-27(20,4)23(22)10-12-28(24,26)5/h17-18,20-26H,6-16H2,1-5H3/t17?,18-,20-,21-,22?,23?,24?,25?,26?,27-,28-,29-/m0/s1. The summed E-state index contributed by atoms with van der Waals surface area (Å²) in [5, 5.41) is 0. The van der Waals surface area contributed by atoms with Crippen molar-refractivity contribution in [3.05, 3.63) is 0 Å². The second-order valence-corrected chi connectivity index (χ2v) is 13.7. The minimum absolute atomic E-state index is 0.105. The van der Waals surface area contributed by atoms with E-state index in [9.17, 15) is 4.79 Å². The molecule has 2 aliphatic heterocycles. The molecule has 0 aromatic carbocycles. The molecule has 1 spiro atoms. The molecule has 4 nitrogen and oxygen atoms in total. The Kier molecular flexibility index (Phi) is 5.32. The van der Waals surface area contributed by atoms with Crippen molar-refractivity contribution in [3.8, 4) is 0 Å². The molecule has 0 radical (unpaired) electrons. The first-order chi connectivity index (χ1) is 15.7. The molecule has 0 amide bonds. The lowest BCUT2D eigenvalue weighted by Crippen LogP contribution is -2.55. The maximum atomic E-state index is 11.5. The van der Waals surface area contributed by atoms with Gasteiger partial charge < -0.3 is 14.2 Å². The third-order valence-electron chi connectivity index (χ3n) is 12.2. The number of carbonyl (C=O) groups excluding carboxylic acids is 1. The molecule has 0 N–H and O–H groups in total. The zero-order chi connectivity index (χ0) is 23.2. The molecule has 4 saturated carbocycles. The van der Waals surface area contributed by atoms with Crippen LogP contribution in [0.15, 0.2) is 0 Å². The highest BCUT2D eigenvalue weighted by atomic mass is 16.7. The Labute approximate surface area is 200 Å². The second kappa shape index (κ2) is 7.69. The Bertz CT molecular complexity index is 786. The van der Waals surface area contributed by atoms with Gasteiger partial charge in [-0.1, -0.05) is 27.7 Å². The lowest BCUT2D eigenvalue weighted by Gasteiger charge is -2.61. The summed E-state index contributed by atoms with van der Waals surface area (Å²) < 4.78 is 19.1. The van der Waals surface area contributed by atoms with E-state index in [1.807, 2.05) is 0 Å².